The predicted molar refractivity (Wildman–Crippen MR) is 98.9 cm³/mol. The van der Waals surface area contributed by atoms with Gasteiger partial charge in [0.05, 0.1) is 18.1 Å². The molecule has 2 aromatic carbocycles. The number of aliphatic hydroxyl groups excluding tert-OH is 2. The van der Waals surface area contributed by atoms with Crippen LogP contribution < -0.4 is 5.32 Å². The average molecular weight is 382 g/mol. The molecule has 0 heterocycles. The Labute approximate surface area is 152 Å². The number of nitrogens with zero attached hydrogens (tertiary/aromatic N) is 1. The smallest absolute Gasteiger partial charge is 0.273 e. The van der Waals surface area contributed by atoms with Gasteiger partial charge in [-0.05, 0) is 41.5 Å². The number of nitrogens with one attached hydrogen (secondary N) is 1. The standard InChI is InChI=1S/C16H15FN2O4S2/c17-13-1-3-14(4-2-13)18-16(24)25-9-12-5-10(7-20)11(8-21)6-15(12)19(22)23/h1-6,20-21H,7-9H2,(H,18,24). The number of benzene rings is 2. The summed E-state index contributed by atoms with van der Waals surface area (Å²) in [5.74, 6) is -0.151. The lowest BCUT2D eigenvalue weighted by molar-refractivity contribution is -0.385. The molecule has 9 heteroatoms. The molecule has 0 aliphatic rings. The van der Waals surface area contributed by atoms with E-state index >= 15 is 0 Å². The Bertz CT molecular complexity index is 784. The van der Waals surface area contributed by atoms with Crippen LogP contribution in [0.3, 0.4) is 0 Å². The van der Waals surface area contributed by atoms with Gasteiger partial charge < -0.3 is 15.5 Å². The largest absolute Gasteiger partial charge is 0.392 e. The molecule has 0 unspecified atom stereocenters. The summed E-state index contributed by atoms with van der Waals surface area (Å²) in [5.41, 5.74) is 1.61. The van der Waals surface area contributed by atoms with Crippen LogP contribution in [0.4, 0.5) is 15.8 Å². The van der Waals surface area contributed by atoms with Crippen LogP contribution in [0.5, 0.6) is 0 Å². The number of nitro benzene ring substituents is 1. The molecule has 25 heavy (non-hydrogen) atoms. The Hall–Kier alpha value is -2.07. The van der Waals surface area contributed by atoms with Gasteiger partial charge in [-0.2, -0.15) is 0 Å². The molecule has 2 rings (SSSR count). The number of anilines is 1. The summed E-state index contributed by atoms with van der Waals surface area (Å²) in [6.07, 6.45) is 0. The first-order valence-corrected chi connectivity index (χ1v) is 8.54. The molecule has 6 nitrogen and oxygen atoms in total. The fraction of sp³-hybridized carbons (Fsp3) is 0.188. The van der Waals surface area contributed by atoms with Crippen molar-refractivity contribution in [2.24, 2.45) is 0 Å². The Morgan fingerprint density at radius 2 is 1.76 bits per heavy atom. The van der Waals surface area contributed by atoms with E-state index in [0.717, 1.165) is 0 Å². The quantitative estimate of drug-likeness (QED) is 0.401. The summed E-state index contributed by atoms with van der Waals surface area (Å²) in [5, 5.41) is 32.7. The SMILES string of the molecule is O=[N+]([O-])c1cc(CO)c(CO)cc1CSC(=S)Nc1ccc(F)cc1. The third-order valence-electron chi connectivity index (χ3n) is 3.39. The zero-order valence-corrected chi connectivity index (χ0v) is 14.6. The number of nitro groups is 1. The molecule has 0 aliphatic heterocycles. The molecule has 0 saturated heterocycles. The zero-order chi connectivity index (χ0) is 18.4. The highest BCUT2D eigenvalue weighted by atomic mass is 32.2. The van der Waals surface area contributed by atoms with Crippen LogP contribution in [0.2, 0.25) is 0 Å². The van der Waals surface area contributed by atoms with Crippen molar-refractivity contribution in [1.82, 2.24) is 0 Å². The minimum Gasteiger partial charge on any atom is -0.392 e. The Morgan fingerprint density at radius 3 is 2.32 bits per heavy atom. The second-order valence-electron chi connectivity index (χ2n) is 5.03. The third-order valence-corrected chi connectivity index (χ3v) is 4.66. The van der Waals surface area contributed by atoms with Gasteiger partial charge >= 0.3 is 0 Å². The van der Waals surface area contributed by atoms with Gasteiger partial charge in [-0.15, -0.1) is 0 Å². The highest BCUT2D eigenvalue weighted by Crippen LogP contribution is 2.28. The normalized spacial score (nSPS) is 10.5. The van der Waals surface area contributed by atoms with Crippen LogP contribution >= 0.6 is 24.0 Å². The van der Waals surface area contributed by atoms with E-state index in [4.69, 9.17) is 12.2 Å². The number of halogens is 1. The van der Waals surface area contributed by atoms with Crippen LogP contribution in [0.25, 0.3) is 0 Å². The van der Waals surface area contributed by atoms with Crippen LogP contribution in [0, 0.1) is 15.9 Å². The van der Waals surface area contributed by atoms with Gasteiger partial charge in [0, 0.05) is 23.1 Å². The fourth-order valence-corrected chi connectivity index (χ4v) is 3.14. The van der Waals surface area contributed by atoms with Gasteiger partial charge in [0.1, 0.15) is 10.1 Å². The van der Waals surface area contributed by atoms with Gasteiger partial charge in [0.15, 0.2) is 0 Å². The first-order chi connectivity index (χ1) is 11.9. The van der Waals surface area contributed by atoms with Crippen molar-refractivity contribution >= 4 is 39.7 Å². The van der Waals surface area contributed by atoms with Crippen molar-refractivity contribution in [3.8, 4) is 0 Å². The van der Waals surface area contributed by atoms with Crippen molar-refractivity contribution < 1.29 is 19.5 Å². The number of thioether (sulfide) groups is 1. The summed E-state index contributed by atoms with van der Waals surface area (Å²) < 4.78 is 13.3. The van der Waals surface area contributed by atoms with Crippen molar-refractivity contribution in [3.63, 3.8) is 0 Å². The predicted octanol–water partition coefficient (Wildman–Crippen LogP) is 3.35. The number of hydrogen-bond acceptors (Lipinski definition) is 6. The van der Waals surface area contributed by atoms with Crippen molar-refractivity contribution in [2.75, 3.05) is 5.32 Å². The monoisotopic (exact) mass is 382 g/mol. The number of hydrogen-bond donors (Lipinski definition) is 3. The van der Waals surface area contributed by atoms with E-state index in [0.29, 0.717) is 26.7 Å². The van der Waals surface area contributed by atoms with Gasteiger partial charge in [-0.1, -0.05) is 24.0 Å². The summed E-state index contributed by atoms with van der Waals surface area (Å²) in [7, 11) is 0. The van der Waals surface area contributed by atoms with Gasteiger partial charge in [-0.25, -0.2) is 4.39 Å². The molecule has 0 aliphatic carbocycles. The molecular weight excluding hydrogens is 367 g/mol. The first kappa shape index (κ1) is 19.3. The van der Waals surface area contributed by atoms with Crippen molar-refractivity contribution in [3.05, 3.63) is 69.0 Å². The summed E-state index contributed by atoms with van der Waals surface area (Å²) in [6, 6.07) is 8.41. The molecule has 3 N–H and O–H groups in total. The molecule has 132 valence electrons. The molecule has 0 spiro atoms. The van der Waals surface area contributed by atoms with E-state index in [-0.39, 0.29) is 23.9 Å². The van der Waals surface area contributed by atoms with Crippen molar-refractivity contribution in [2.45, 2.75) is 19.0 Å². The highest BCUT2D eigenvalue weighted by Gasteiger charge is 2.18. The number of thiocarbonyl (C=S) groups is 1. The lowest BCUT2D eigenvalue weighted by atomic mass is 10.0. The van der Waals surface area contributed by atoms with E-state index < -0.39 is 11.5 Å². The van der Waals surface area contributed by atoms with Gasteiger partial charge in [-0.3, -0.25) is 10.1 Å². The Balaban J connectivity index is 2.11. The van der Waals surface area contributed by atoms with E-state index in [1.807, 2.05) is 0 Å². The topological polar surface area (TPSA) is 95.6 Å². The van der Waals surface area contributed by atoms with E-state index in [1.54, 1.807) is 0 Å². The minimum atomic E-state index is -0.535. The molecule has 0 aromatic heterocycles. The Morgan fingerprint density at radius 1 is 1.16 bits per heavy atom. The molecule has 2 aromatic rings. The van der Waals surface area contributed by atoms with E-state index in [1.165, 1.54) is 48.2 Å². The zero-order valence-electron chi connectivity index (χ0n) is 12.9. The van der Waals surface area contributed by atoms with Crippen LogP contribution in [0.15, 0.2) is 36.4 Å². The third kappa shape index (κ3) is 5.20. The molecular formula is C16H15FN2O4S2. The average Bonchev–Trinajstić information content (AvgIpc) is 2.60. The summed E-state index contributed by atoms with van der Waals surface area (Å²) >= 11 is 6.36. The summed E-state index contributed by atoms with van der Waals surface area (Å²) in [6.45, 7) is -0.724. The fourth-order valence-electron chi connectivity index (χ4n) is 2.14. The molecule has 0 amide bonds. The van der Waals surface area contributed by atoms with Crippen LogP contribution in [0.1, 0.15) is 16.7 Å². The van der Waals surface area contributed by atoms with Crippen LogP contribution in [-0.4, -0.2) is 19.5 Å². The second kappa shape index (κ2) is 8.86. The molecule has 0 fully saturated rings. The highest BCUT2D eigenvalue weighted by molar-refractivity contribution is 8.22. The molecule has 0 radical (unpaired) electrons. The molecule has 0 saturated carbocycles. The Kier molecular flexibility index (Phi) is 6.82. The lowest BCUT2D eigenvalue weighted by Crippen LogP contribution is -2.06. The molecule has 0 atom stereocenters. The van der Waals surface area contributed by atoms with Gasteiger partial charge in [0.25, 0.3) is 5.69 Å². The number of aliphatic hydroxyl groups is 2. The number of rotatable bonds is 6. The first-order valence-electron chi connectivity index (χ1n) is 7.14. The van der Waals surface area contributed by atoms with Gasteiger partial charge in [0.2, 0.25) is 0 Å². The lowest BCUT2D eigenvalue weighted by Gasteiger charge is -2.11. The van der Waals surface area contributed by atoms with Crippen LogP contribution in [-0.2, 0) is 19.0 Å². The van der Waals surface area contributed by atoms with Crippen molar-refractivity contribution in [1.29, 1.82) is 0 Å². The maximum atomic E-state index is 12.9. The van der Waals surface area contributed by atoms with E-state index in [9.17, 15) is 24.7 Å². The van der Waals surface area contributed by atoms with E-state index in [2.05, 4.69) is 5.32 Å². The second-order valence-corrected chi connectivity index (χ2v) is 6.68. The maximum Gasteiger partial charge on any atom is 0.273 e. The minimum absolute atomic E-state index is 0.140. The summed E-state index contributed by atoms with van der Waals surface area (Å²) in [4.78, 5) is 10.7. The maximum absolute atomic E-state index is 12.9. The molecule has 0 bridgehead atoms.